The van der Waals surface area contributed by atoms with Crippen LogP contribution < -0.4 is 4.74 Å². The van der Waals surface area contributed by atoms with Gasteiger partial charge in [-0.1, -0.05) is 18.2 Å². The van der Waals surface area contributed by atoms with Crippen molar-refractivity contribution in [2.24, 2.45) is 0 Å². The van der Waals surface area contributed by atoms with Gasteiger partial charge in [0.25, 0.3) is 0 Å². The highest BCUT2D eigenvalue weighted by Gasteiger charge is 2.27. The molecule has 126 valence electrons. The second-order valence-corrected chi connectivity index (χ2v) is 6.63. The predicted molar refractivity (Wildman–Crippen MR) is 90.6 cm³/mol. The third-order valence-electron chi connectivity index (χ3n) is 4.94. The molecule has 0 radical (unpaired) electrons. The molecule has 2 heterocycles. The Balaban J connectivity index is 1.40. The lowest BCUT2D eigenvalue weighted by molar-refractivity contribution is -0.136. The lowest BCUT2D eigenvalue weighted by atomic mass is 10.0. The van der Waals surface area contributed by atoms with Crippen molar-refractivity contribution in [3.63, 3.8) is 0 Å². The maximum absolute atomic E-state index is 12.0. The highest BCUT2D eigenvalue weighted by molar-refractivity contribution is 5.74. The molecule has 3 rings (SSSR count). The first-order valence-electron chi connectivity index (χ1n) is 8.61. The Morgan fingerprint density at radius 3 is 2.35 bits per heavy atom. The average molecular weight is 317 g/mol. The van der Waals surface area contributed by atoms with E-state index < -0.39 is 0 Å². The molecule has 5 heteroatoms. The number of ether oxygens (including phenoxy) is 1. The second-order valence-electron chi connectivity index (χ2n) is 6.63. The van der Waals surface area contributed by atoms with Crippen molar-refractivity contribution < 1.29 is 9.53 Å². The van der Waals surface area contributed by atoms with Gasteiger partial charge in [0.2, 0.25) is 0 Å². The molecule has 0 bridgehead atoms. The highest BCUT2D eigenvalue weighted by Crippen LogP contribution is 2.18. The van der Waals surface area contributed by atoms with Crippen molar-refractivity contribution >= 4 is 5.97 Å². The molecule has 2 fully saturated rings. The summed E-state index contributed by atoms with van der Waals surface area (Å²) >= 11 is 0. The first-order chi connectivity index (χ1) is 11.2. The number of nitrogens with zero attached hydrogens (tertiary/aromatic N) is 3. The maximum atomic E-state index is 12.0. The normalized spacial score (nSPS) is 22.1. The molecule has 0 saturated carbocycles. The average Bonchev–Trinajstić information content (AvgIpc) is 2.57. The number of esters is 1. The van der Waals surface area contributed by atoms with Gasteiger partial charge in [0.15, 0.2) is 0 Å². The van der Waals surface area contributed by atoms with Crippen LogP contribution in [-0.2, 0) is 4.79 Å². The predicted octanol–water partition coefficient (Wildman–Crippen LogP) is 1.30. The molecule has 2 aliphatic rings. The van der Waals surface area contributed by atoms with Crippen molar-refractivity contribution in [3.05, 3.63) is 30.3 Å². The Kier molecular flexibility index (Phi) is 5.65. The maximum Gasteiger partial charge on any atom is 0.325 e. The van der Waals surface area contributed by atoms with Crippen LogP contribution in [-0.4, -0.2) is 79.6 Å². The van der Waals surface area contributed by atoms with Crippen LogP contribution in [0.15, 0.2) is 30.3 Å². The van der Waals surface area contributed by atoms with E-state index in [-0.39, 0.29) is 5.97 Å². The van der Waals surface area contributed by atoms with Crippen molar-refractivity contribution in [1.82, 2.24) is 14.7 Å². The van der Waals surface area contributed by atoms with Gasteiger partial charge in [0.05, 0.1) is 6.54 Å². The van der Waals surface area contributed by atoms with Gasteiger partial charge in [-0.15, -0.1) is 0 Å². The summed E-state index contributed by atoms with van der Waals surface area (Å²) in [6, 6.07) is 9.99. The molecule has 2 saturated heterocycles. The summed E-state index contributed by atoms with van der Waals surface area (Å²) in [5.74, 6) is 0.471. The summed E-state index contributed by atoms with van der Waals surface area (Å²) in [6.45, 7) is 7.06. The molecule has 0 aliphatic carbocycles. The molecule has 5 nitrogen and oxygen atoms in total. The van der Waals surface area contributed by atoms with Crippen molar-refractivity contribution in [2.75, 3.05) is 52.9 Å². The molecule has 0 atom stereocenters. The van der Waals surface area contributed by atoms with E-state index in [1.165, 1.54) is 26.2 Å². The SMILES string of the molecule is CN1CCN(C2CCN(CC(=O)Oc3ccccc3)CC2)CC1. The van der Waals surface area contributed by atoms with Crippen molar-refractivity contribution in [1.29, 1.82) is 0 Å². The van der Waals surface area contributed by atoms with E-state index in [1.807, 2.05) is 30.3 Å². The molecule has 2 aliphatic heterocycles. The van der Waals surface area contributed by atoms with Gasteiger partial charge < -0.3 is 9.64 Å². The molecular formula is C18H27N3O2. The fourth-order valence-corrected chi connectivity index (χ4v) is 3.46. The molecule has 0 unspecified atom stereocenters. The van der Waals surface area contributed by atoms with Crippen LogP contribution in [0.25, 0.3) is 0 Å². The minimum atomic E-state index is -0.158. The van der Waals surface area contributed by atoms with Crippen molar-refractivity contribution in [3.8, 4) is 5.75 Å². The molecule has 1 aromatic rings. The third-order valence-corrected chi connectivity index (χ3v) is 4.94. The van der Waals surface area contributed by atoms with E-state index in [9.17, 15) is 4.79 Å². The van der Waals surface area contributed by atoms with Gasteiger partial charge in [-0.3, -0.25) is 14.6 Å². The minimum absolute atomic E-state index is 0.158. The Hall–Kier alpha value is -1.43. The van der Waals surface area contributed by atoms with Crippen LogP contribution in [0, 0.1) is 0 Å². The molecular weight excluding hydrogens is 290 g/mol. The first kappa shape index (κ1) is 16.4. The zero-order valence-electron chi connectivity index (χ0n) is 14.0. The summed E-state index contributed by atoms with van der Waals surface area (Å²) in [5.41, 5.74) is 0. The lowest BCUT2D eigenvalue weighted by Gasteiger charge is -2.41. The highest BCUT2D eigenvalue weighted by atomic mass is 16.5. The number of rotatable bonds is 4. The summed E-state index contributed by atoms with van der Waals surface area (Å²) in [5, 5.41) is 0. The molecule has 0 N–H and O–H groups in total. The van der Waals surface area contributed by atoms with Gasteiger partial charge in [0.1, 0.15) is 5.75 Å². The number of likely N-dealkylation sites (N-methyl/N-ethyl adjacent to an activating group) is 1. The number of carbonyl (C=O) groups excluding carboxylic acids is 1. The number of piperidine rings is 1. The van der Waals surface area contributed by atoms with Crippen LogP contribution in [0.1, 0.15) is 12.8 Å². The van der Waals surface area contributed by atoms with Gasteiger partial charge in [-0.05, 0) is 32.0 Å². The minimum Gasteiger partial charge on any atom is -0.426 e. The molecule has 1 aromatic carbocycles. The Bertz CT molecular complexity index is 492. The topological polar surface area (TPSA) is 36.0 Å². The number of carbonyl (C=O) groups is 1. The van der Waals surface area contributed by atoms with Crippen LogP contribution in [0.3, 0.4) is 0 Å². The number of piperazine rings is 1. The van der Waals surface area contributed by atoms with Gasteiger partial charge in [-0.25, -0.2) is 0 Å². The Labute approximate surface area is 138 Å². The summed E-state index contributed by atoms with van der Waals surface area (Å²) < 4.78 is 5.38. The summed E-state index contributed by atoms with van der Waals surface area (Å²) in [6.07, 6.45) is 2.31. The third kappa shape index (κ3) is 4.77. The monoisotopic (exact) mass is 317 g/mol. The van der Waals surface area contributed by atoms with Crippen LogP contribution in [0.4, 0.5) is 0 Å². The lowest BCUT2D eigenvalue weighted by Crippen LogP contribution is -2.52. The van der Waals surface area contributed by atoms with E-state index in [2.05, 4.69) is 21.7 Å². The molecule has 0 aromatic heterocycles. The first-order valence-corrected chi connectivity index (χ1v) is 8.61. The number of hydrogen-bond acceptors (Lipinski definition) is 5. The van der Waals surface area contributed by atoms with E-state index in [1.54, 1.807) is 0 Å². The quantitative estimate of drug-likeness (QED) is 0.618. The molecule has 23 heavy (non-hydrogen) atoms. The number of likely N-dealkylation sites (tertiary alicyclic amines) is 1. The van der Waals surface area contributed by atoms with E-state index in [0.717, 1.165) is 25.9 Å². The van der Waals surface area contributed by atoms with Gasteiger partial charge in [-0.2, -0.15) is 0 Å². The Morgan fingerprint density at radius 1 is 1.04 bits per heavy atom. The zero-order valence-corrected chi connectivity index (χ0v) is 14.0. The number of benzene rings is 1. The van der Waals surface area contributed by atoms with Crippen LogP contribution in [0.5, 0.6) is 5.75 Å². The van der Waals surface area contributed by atoms with Gasteiger partial charge >= 0.3 is 5.97 Å². The molecule has 0 amide bonds. The van der Waals surface area contributed by atoms with Crippen molar-refractivity contribution in [2.45, 2.75) is 18.9 Å². The number of para-hydroxylation sites is 1. The van der Waals surface area contributed by atoms with Crippen LogP contribution >= 0.6 is 0 Å². The zero-order chi connectivity index (χ0) is 16.1. The molecule has 0 spiro atoms. The fourth-order valence-electron chi connectivity index (χ4n) is 3.46. The second kappa shape index (κ2) is 7.90. The standard InChI is InChI=1S/C18H27N3O2/c1-19-11-13-21(14-12-19)16-7-9-20(10-8-16)15-18(22)23-17-5-3-2-4-6-17/h2-6,16H,7-15H2,1H3. The Morgan fingerprint density at radius 2 is 1.70 bits per heavy atom. The summed E-state index contributed by atoms with van der Waals surface area (Å²) in [4.78, 5) is 19.3. The fraction of sp³-hybridized carbons (Fsp3) is 0.611. The van der Waals surface area contributed by atoms with E-state index in [4.69, 9.17) is 4.74 Å². The van der Waals surface area contributed by atoms with Gasteiger partial charge in [0, 0.05) is 45.3 Å². The smallest absolute Gasteiger partial charge is 0.325 e. The summed E-state index contributed by atoms with van der Waals surface area (Å²) in [7, 11) is 2.19. The van der Waals surface area contributed by atoms with Crippen LogP contribution in [0.2, 0.25) is 0 Å². The number of hydrogen-bond donors (Lipinski definition) is 0. The van der Waals surface area contributed by atoms with E-state index in [0.29, 0.717) is 18.3 Å². The largest absolute Gasteiger partial charge is 0.426 e. The van der Waals surface area contributed by atoms with E-state index >= 15 is 0 Å².